The second-order valence-corrected chi connectivity index (χ2v) is 8.86. The molecule has 10 nitrogen and oxygen atoms in total. The van der Waals surface area contributed by atoms with Gasteiger partial charge >= 0.3 is 0 Å². The van der Waals surface area contributed by atoms with Crippen molar-refractivity contribution in [1.29, 1.82) is 0 Å². The fourth-order valence-electron chi connectivity index (χ4n) is 4.42. The van der Waals surface area contributed by atoms with E-state index in [0.717, 1.165) is 16.5 Å². The first-order chi connectivity index (χ1) is 16.9. The summed E-state index contributed by atoms with van der Waals surface area (Å²) in [6, 6.07) is 14.4. The average Bonchev–Trinajstić information content (AvgIpc) is 3.51. The Hall–Kier alpha value is -4.05. The van der Waals surface area contributed by atoms with Crippen molar-refractivity contribution in [1.82, 2.24) is 24.5 Å². The van der Waals surface area contributed by atoms with Crippen molar-refractivity contribution < 1.29 is 14.2 Å². The topological polar surface area (TPSA) is 111 Å². The quantitative estimate of drug-likeness (QED) is 0.309. The zero-order valence-corrected chi connectivity index (χ0v) is 19.6. The number of nitrogens with zero attached hydrogens (tertiary/aromatic N) is 6. The maximum atomic E-state index is 13.0. The van der Waals surface area contributed by atoms with Crippen LogP contribution in [0.15, 0.2) is 59.3 Å². The van der Waals surface area contributed by atoms with Crippen LogP contribution >= 0.6 is 0 Å². The first-order valence-corrected chi connectivity index (χ1v) is 11.5. The van der Waals surface area contributed by atoms with Crippen LogP contribution < -0.4 is 0 Å². The Labute approximate surface area is 201 Å². The molecule has 1 unspecified atom stereocenters. The first-order valence-electron chi connectivity index (χ1n) is 11.5. The Balaban J connectivity index is 1.19. The number of rotatable bonds is 6. The van der Waals surface area contributed by atoms with E-state index < -0.39 is 4.92 Å². The van der Waals surface area contributed by atoms with E-state index in [1.54, 1.807) is 18.3 Å². The van der Waals surface area contributed by atoms with Crippen molar-refractivity contribution >= 4 is 22.5 Å². The molecule has 1 amide bonds. The second-order valence-electron chi connectivity index (χ2n) is 8.86. The van der Waals surface area contributed by atoms with Crippen LogP contribution in [0.25, 0.3) is 22.3 Å². The van der Waals surface area contributed by atoms with Gasteiger partial charge in [-0.3, -0.25) is 19.8 Å². The van der Waals surface area contributed by atoms with Gasteiger partial charge in [0.15, 0.2) is 0 Å². The number of aryl methyl sites for hydroxylation is 1. The van der Waals surface area contributed by atoms with Gasteiger partial charge in [0, 0.05) is 61.0 Å². The maximum absolute atomic E-state index is 13.0. The molecular formula is C25H26N6O4. The molecule has 180 valence electrons. The summed E-state index contributed by atoms with van der Waals surface area (Å²) in [6.45, 7) is 6.88. The van der Waals surface area contributed by atoms with Gasteiger partial charge in [-0.25, -0.2) is 0 Å². The van der Waals surface area contributed by atoms with Crippen LogP contribution in [0.5, 0.6) is 0 Å². The minimum atomic E-state index is -0.417. The highest BCUT2D eigenvalue weighted by atomic mass is 16.6. The van der Waals surface area contributed by atoms with Crippen LogP contribution in [0.2, 0.25) is 0 Å². The lowest BCUT2D eigenvalue weighted by Crippen LogP contribution is -2.50. The molecule has 0 radical (unpaired) electrons. The number of carbonyl (C=O) groups is 1. The molecule has 2 aromatic heterocycles. The largest absolute Gasteiger partial charge is 0.339 e. The summed E-state index contributed by atoms with van der Waals surface area (Å²) in [4.78, 5) is 32.2. The van der Waals surface area contributed by atoms with Gasteiger partial charge in [-0.15, -0.1) is 0 Å². The summed E-state index contributed by atoms with van der Waals surface area (Å²) >= 11 is 0. The summed E-state index contributed by atoms with van der Waals surface area (Å²) in [6.07, 6.45) is 1.80. The molecule has 0 saturated carbocycles. The monoisotopic (exact) mass is 474 g/mol. The third kappa shape index (κ3) is 4.65. The molecular weight excluding hydrogens is 448 g/mol. The zero-order chi connectivity index (χ0) is 24.5. The SMILES string of the molecule is Cc1ccc(-c2noc(C(C)N3CCN(C(=O)Cn4ccc5cc([N+](=O)[O-])ccc54)CC3)n2)cc1. The van der Waals surface area contributed by atoms with Gasteiger partial charge in [-0.05, 0) is 26.0 Å². The molecule has 35 heavy (non-hydrogen) atoms. The molecule has 0 N–H and O–H groups in total. The Kier molecular flexibility index (Phi) is 6.04. The van der Waals surface area contributed by atoms with Crippen molar-refractivity contribution in [3.63, 3.8) is 0 Å². The zero-order valence-electron chi connectivity index (χ0n) is 19.6. The number of carbonyl (C=O) groups excluding carboxylic acids is 1. The van der Waals surface area contributed by atoms with E-state index in [1.807, 2.05) is 47.6 Å². The molecule has 5 rings (SSSR count). The number of non-ortho nitro benzene ring substituents is 1. The van der Waals surface area contributed by atoms with Gasteiger partial charge < -0.3 is 14.0 Å². The number of benzene rings is 2. The van der Waals surface area contributed by atoms with Crippen LogP contribution in [-0.4, -0.2) is 61.5 Å². The number of hydrogen-bond donors (Lipinski definition) is 0. The molecule has 10 heteroatoms. The predicted molar refractivity (Wildman–Crippen MR) is 130 cm³/mol. The van der Waals surface area contributed by atoms with Gasteiger partial charge in [0.25, 0.3) is 5.69 Å². The molecule has 0 spiro atoms. The Morgan fingerprint density at radius 3 is 2.57 bits per heavy atom. The summed E-state index contributed by atoms with van der Waals surface area (Å²) < 4.78 is 7.38. The normalized spacial score (nSPS) is 15.4. The van der Waals surface area contributed by atoms with Crippen molar-refractivity contribution in [2.45, 2.75) is 26.4 Å². The predicted octanol–water partition coefficient (Wildman–Crippen LogP) is 3.81. The van der Waals surface area contributed by atoms with Gasteiger partial charge in [0.2, 0.25) is 17.6 Å². The number of nitro groups is 1. The third-order valence-corrected chi connectivity index (χ3v) is 6.59. The number of amides is 1. The highest BCUT2D eigenvalue weighted by molar-refractivity contribution is 5.85. The van der Waals surface area contributed by atoms with E-state index in [1.165, 1.54) is 17.7 Å². The van der Waals surface area contributed by atoms with Crippen LogP contribution in [-0.2, 0) is 11.3 Å². The van der Waals surface area contributed by atoms with Crippen molar-refractivity contribution in [2.75, 3.05) is 26.2 Å². The molecule has 1 aliphatic heterocycles. The molecule has 2 aromatic carbocycles. The summed E-state index contributed by atoms with van der Waals surface area (Å²) in [5.74, 6) is 1.16. The van der Waals surface area contributed by atoms with Crippen LogP contribution in [0.1, 0.15) is 24.4 Å². The number of piperazine rings is 1. The third-order valence-electron chi connectivity index (χ3n) is 6.59. The van der Waals surface area contributed by atoms with Crippen LogP contribution in [0.4, 0.5) is 5.69 Å². The van der Waals surface area contributed by atoms with Crippen molar-refractivity contribution in [3.05, 3.63) is 76.3 Å². The molecule has 4 aromatic rings. The highest BCUT2D eigenvalue weighted by Crippen LogP contribution is 2.25. The fourth-order valence-corrected chi connectivity index (χ4v) is 4.42. The lowest BCUT2D eigenvalue weighted by Gasteiger charge is -2.36. The highest BCUT2D eigenvalue weighted by Gasteiger charge is 2.28. The summed E-state index contributed by atoms with van der Waals surface area (Å²) in [5.41, 5.74) is 2.93. The number of hydrogen-bond acceptors (Lipinski definition) is 7. The Morgan fingerprint density at radius 2 is 1.86 bits per heavy atom. The van der Waals surface area contributed by atoms with Crippen LogP contribution in [0.3, 0.4) is 0 Å². The molecule has 1 atom stereocenters. The minimum absolute atomic E-state index is 0.0209. The Bertz CT molecular complexity index is 1370. The second kappa shape index (κ2) is 9.30. The molecule has 0 bridgehead atoms. The van der Waals surface area contributed by atoms with E-state index in [0.29, 0.717) is 37.9 Å². The van der Waals surface area contributed by atoms with E-state index >= 15 is 0 Å². The smallest absolute Gasteiger partial charge is 0.270 e. The van der Waals surface area contributed by atoms with Gasteiger partial charge in [-0.2, -0.15) is 4.98 Å². The lowest BCUT2D eigenvalue weighted by atomic mass is 10.1. The average molecular weight is 475 g/mol. The molecule has 0 aliphatic carbocycles. The van der Waals surface area contributed by atoms with Gasteiger partial charge in [0.05, 0.1) is 11.0 Å². The fraction of sp³-hybridized carbons (Fsp3) is 0.320. The van der Waals surface area contributed by atoms with Crippen molar-refractivity contribution in [2.24, 2.45) is 0 Å². The van der Waals surface area contributed by atoms with Crippen molar-refractivity contribution in [3.8, 4) is 11.4 Å². The van der Waals surface area contributed by atoms with E-state index in [9.17, 15) is 14.9 Å². The van der Waals surface area contributed by atoms with Gasteiger partial charge in [0.1, 0.15) is 6.54 Å². The Morgan fingerprint density at radius 1 is 1.11 bits per heavy atom. The minimum Gasteiger partial charge on any atom is -0.339 e. The lowest BCUT2D eigenvalue weighted by molar-refractivity contribution is -0.384. The van der Waals surface area contributed by atoms with E-state index in [4.69, 9.17) is 4.52 Å². The van der Waals surface area contributed by atoms with E-state index in [-0.39, 0.29) is 24.2 Å². The first kappa shape index (κ1) is 22.7. The number of nitro benzene ring substituents is 1. The molecule has 1 fully saturated rings. The number of aromatic nitrogens is 3. The molecule has 3 heterocycles. The number of fused-ring (bicyclic) bond motifs is 1. The standard InChI is InChI=1S/C25H26N6O4/c1-17-3-5-19(6-4-17)24-26-25(35-27-24)18(2)28-11-13-29(14-12-28)23(32)16-30-10-9-20-15-21(31(33)34)7-8-22(20)30/h3-10,15,18H,11-14,16H2,1-2H3. The molecule has 1 aliphatic rings. The van der Waals surface area contributed by atoms with E-state index in [2.05, 4.69) is 15.0 Å². The van der Waals surface area contributed by atoms with Crippen LogP contribution in [0, 0.1) is 17.0 Å². The maximum Gasteiger partial charge on any atom is 0.270 e. The van der Waals surface area contributed by atoms with Gasteiger partial charge in [-0.1, -0.05) is 35.0 Å². The molecule has 1 saturated heterocycles. The summed E-state index contributed by atoms with van der Waals surface area (Å²) in [7, 11) is 0. The summed E-state index contributed by atoms with van der Waals surface area (Å²) in [5, 5.41) is 15.9.